The maximum atomic E-state index is 4.45. The summed E-state index contributed by atoms with van der Waals surface area (Å²) in [7, 11) is 1.85. The lowest BCUT2D eigenvalue weighted by atomic mass is 9.79. The van der Waals surface area contributed by atoms with Crippen molar-refractivity contribution in [3.63, 3.8) is 0 Å². The molecule has 1 aromatic heterocycles. The number of benzene rings is 1. The van der Waals surface area contributed by atoms with E-state index in [0.717, 1.165) is 50.1 Å². The molecule has 0 radical (unpaired) electrons. The maximum absolute atomic E-state index is 4.45. The molecule has 30 heavy (non-hydrogen) atoms. The van der Waals surface area contributed by atoms with E-state index in [1.54, 1.807) is 0 Å². The van der Waals surface area contributed by atoms with Crippen molar-refractivity contribution >= 4 is 29.9 Å². The Morgan fingerprint density at radius 2 is 1.83 bits per heavy atom. The number of fused-ring (bicyclic) bond motifs is 1. The Kier molecular flexibility index (Phi) is 8.53. The van der Waals surface area contributed by atoms with E-state index in [1.165, 1.54) is 50.5 Å². The molecular weight excluding hydrogens is 487 g/mol. The molecule has 0 bridgehead atoms. The highest BCUT2D eigenvalue weighted by Crippen LogP contribution is 2.40. The third kappa shape index (κ3) is 5.34. The summed E-state index contributed by atoms with van der Waals surface area (Å²) in [6.45, 7) is 2.80. The number of aromatic nitrogens is 3. The van der Waals surface area contributed by atoms with Crippen LogP contribution in [-0.4, -0.2) is 40.9 Å². The second-order valence-corrected chi connectivity index (χ2v) is 8.45. The van der Waals surface area contributed by atoms with Gasteiger partial charge in [-0.25, -0.2) is 0 Å². The van der Waals surface area contributed by atoms with Crippen molar-refractivity contribution in [1.82, 2.24) is 25.4 Å². The summed E-state index contributed by atoms with van der Waals surface area (Å²) in [5, 5.41) is 15.9. The molecule has 164 valence electrons. The fourth-order valence-electron chi connectivity index (χ4n) is 4.91. The number of hydrogen-bond donors (Lipinski definition) is 2. The van der Waals surface area contributed by atoms with Gasteiger partial charge < -0.3 is 15.2 Å². The first kappa shape index (κ1) is 23.0. The highest BCUT2D eigenvalue weighted by atomic mass is 127. The van der Waals surface area contributed by atoms with E-state index in [4.69, 9.17) is 0 Å². The van der Waals surface area contributed by atoms with Crippen LogP contribution in [0, 0.1) is 0 Å². The minimum atomic E-state index is 0. The summed E-state index contributed by atoms with van der Waals surface area (Å²) >= 11 is 0. The van der Waals surface area contributed by atoms with E-state index in [1.807, 2.05) is 7.05 Å². The van der Waals surface area contributed by atoms with Crippen LogP contribution in [-0.2, 0) is 24.8 Å². The summed E-state index contributed by atoms with van der Waals surface area (Å²) in [5.74, 6) is 3.13. The van der Waals surface area contributed by atoms with Crippen LogP contribution < -0.4 is 10.6 Å². The molecule has 1 aliphatic carbocycles. The van der Waals surface area contributed by atoms with E-state index >= 15 is 0 Å². The van der Waals surface area contributed by atoms with Crippen molar-refractivity contribution < 1.29 is 0 Å². The fraction of sp³-hybridized carbons (Fsp3) is 0.609. The Morgan fingerprint density at radius 1 is 1.03 bits per heavy atom. The second kappa shape index (κ2) is 11.1. The third-order valence-corrected chi connectivity index (χ3v) is 6.59. The fourth-order valence-corrected chi connectivity index (χ4v) is 4.91. The molecule has 2 aromatic rings. The second-order valence-electron chi connectivity index (χ2n) is 8.45. The van der Waals surface area contributed by atoms with E-state index < -0.39 is 0 Å². The molecule has 2 heterocycles. The van der Waals surface area contributed by atoms with Crippen LogP contribution in [0.15, 0.2) is 35.3 Å². The summed E-state index contributed by atoms with van der Waals surface area (Å²) in [5.41, 5.74) is 1.68. The van der Waals surface area contributed by atoms with Crippen LogP contribution in [0.25, 0.3) is 0 Å². The largest absolute Gasteiger partial charge is 0.356 e. The lowest BCUT2D eigenvalue weighted by molar-refractivity contribution is 0.431. The Hall–Kier alpha value is -1.64. The quantitative estimate of drug-likeness (QED) is 0.344. The van der Waals surface area contributed by atoms with Crippen molar-refractivity contribution in [3.05, 3.63) is 47.5 Å². The molecule has 1 saturated carbocycles. The van der Waals surface area contributed by atoms with Gasteiger partial charge >= 0.3 is 0 Å². The van der Waals surface area contributed by atoms with Crippen LogP contribution >= 0.6 is 24.0 Å². The van der Waals surface area contributed by atoms with Crippen molar-refractivity contribution in [2.24, 2.45) is 4.99 Å². The number of rotatable bonds is 6. The van der Waals surface area contributed by atoms with Gasteiger partial charge in [0.1, 0.15) is 11.6 Å². The molecule has 2 aliphatic rings. The normalized spacial score (nSPS) is 18.2. The number of guanidine groups is 1. The van der Waals surface area contributed by atoms with Crippen molar-refractivity contribution in [3.8, 4) is 0 Å². The molecule has 1 fully saturated rings. The van der Waals surface area contributed by atoms with Crippen LogP contribution in [0.5, 0.6) is 0 Å². The monoisotopic (exact) mass is 522 g/mol. The first-order chi connectivity index (χ1) is 14.3. The predicted molar refractivity (Wildman–Crippen MR) is 133 cm³/mol. The number of aliphatic imine (C=N–C) groups is 1. The molecule has 0 amide bonds. The number of halogens is 1. The zero-order chi connectivity index (χ0) is 19.9. The maximum Gasteiger partial charge on any atom is 0.191 e. The van der Waals surface area contributed by atoms with Gasteiger partial charge in [-0.15, -0.1) is 34.2 Å². The van der Waals surface area contributed by atoms with Gasteiger partial charge in [-0.1, -0.05) is 49.6 Å². The van der Waals surface area contributed by atoms with E-state index in [-0.39, 0.29) is 29.4 Å². The third-order valence-electron chi connectivity index (χ3n) is 6.59. The number of nitrogens with one attached hydrogen (secondary N) is 2. The lowest BCUT2D eigenvalue weighted by Gasteiger charge is -2.30. The molecule has 4 rings (SSSR count). The van der Waals surface area contributed by atoms with Crippen molar-refractivity contribution in [2.45, 2.75) is 69.7 Å². The molecule has 6 nitrogen and oxygen atoms in total. The summed E-state index contributed by atoms with van der Waals surface area (Å²) in [4.78, 5) is 4.45. The smallest absolute Gasteiger partial charge is 0.191 e. The molecular formula is C23H35IN6. The predicted octanol–water partition coefficient (Wildman–Crippen LogP) is 3.84. The van der Waals surface area contributed by atoms with Crippen molar-refractivity contribution in [1.29, 1.82) is 0 Å². The SMILES string of the molecule is CN=C(NCCc1nnc2n1CCCCC2)NCC1(c2ccccc2)CCCC1.I. The average molecular weight is 522 g/mol. The van der Waals surface area contributed by atoms with Gasteiger partial charge in [0, 0.05) is 44.9 Å². The van der Waals surface area contributed by atoms with Crippen LogP contribution in [0.1, 0.15) is 62.2 Å². The van der Waals surface area contributed by atoms with Gasteiger partial charge in [0.15, 0.2) is 5.96 Å². The van der Waals surface area contributed by atoms with E-state index in [2.05, 4.69) is 60.7 Å². The average Bonchev–Trinajstić information content (AvgIpc) is 3.33. The van der Waals surface area contributed by atoms with Gasteiger partial charge in [-0.2, -0.15) is 0 Å². The standard InChI is InChI=1S/C23H34N6.HI/c1-24-22(25-16-13-21-28-27-20-12-6-3-9-17-29(20)21)26-18-23(14-7-8-15-23)19-10-4-2-5-11-19;/h2,4-5,10-11H,3,6-9,12-18H2,1H3,(H2,24,25,26);1H. The zero-order valence-corrected chi connectivity index (χ0v) is 20.4. The van der Waals surface area contributed by atoms with Gasteiger partial charge in [0.25, 0.3) is 0 Å². The minimum Gasteiger partial charge on any atom is -0.356 e. The van der Waals surface area contributed by atoms with Crippen LogP contribution in [0.2, 0.25) is 0 Å². The van der Waals surface area contributed by atoms with Gasteiger partial charge in [-0.3, -0.25) is 4.99 Å². The van der Waals surface area contributed by atoms with Gasteiger partial charge in [0.05, 0.1) is 0 Å². The lowest BCUT2D eigenvalue weighted by Crippen LogP contribution is -2.45. The number of aryl methyl sites for hydroxylation is 1. The Balaban J connectivity index is 0.00000256. The molecule has 2 N–H and O–H groups in total. The summed E-state index contributed by atoms with van der Waals surface area (Å²) in [6.07, 6.45) is 10.8. The molecule has 7 heteroatoms. The van der Waals surface area contributed by atoms with Crippen LogP contribution in [0.3, 0.4) is 0 Å². The molecule has 0 saturated heterocycles. The van der Waals surface area contributed by atoms with E-state index in [0.29, 0.717) is 0 Å². The Morgan fingerprint density at radius 3 is 2.60 bits per heavy atom. The Labute approximate surface area is 197 Å². The number of nitrogens with zero attached hydrogens (tertiary/aromatic N) is 4. The van der Waals surface area contributed by atoms with Crippen LogP contribution in [0.4, 0.5) is 0 Å². The molecule has 0 atom stereocenters. The molecule has 1 aromatic carbocycles. The van der Waals surface area contributed by atoms with Gasteiger partial charge in [-0.05, 0) is 31.2 Å². The van der Waals surface area contributed by atoms with E-state index in [9.17, 15) is 0 Å². The first-order valence-electron chi connectivity index (χ1n) is 11.2. The highest BCUT2D eigenvalue weighted by Gasteiger charge is 2.35. The number of hydrogen-bond acceptors (Lipinski definition) is 3. The highest BCUT2D eigenvalue weighted by molar-refractivity contribution is 14.0. The van der Waals surface area contributed by atoms with Crippen molar-refractivity contribution in [2.75, 3.05) is 20.1 Å². The zero-order valence-electron chi connectivity index (χ0n) is 18.1. The topological polar surface area (TPSA) is 67.1 Å². The summed E-state index contributed by atoms with van der Waals surface area (Å²) < 4.78 is 2.33. The first-order valence-corrected chi connectivity index (χ1v) is 11.2. The Bertz CT molecular complexity index is 810. The molecule has 0 unspecified atom stereocenters. The molecule has 1 aliphatic heterocycles. The summed E-state index contributed by atoms with van der Waals surface area (Å²) in [6, 6.07) is 11.0. The van der Waals surface area contributed by atoms with Gasteiger partial charge in [0.2, 0.25) is 0 Å². The molecule has 0 spiro atoms. The minimum absolute atomic E-state index is 0.